The van der Waals surface area contributed by atoms with E-state index in [0.29, 0.717) is 6.10 Å². The molecule has 0 aromatic heterocycles. The van der Waals surface area contributed by atoms with E-state index in [4.69, 9.17) is 4.74 Å². The smallest absolute Gasteiger partial charge is 0.0643 e. The zero-order valence-electron chi connectivity index (χ0n) is 13.0. The molecule has 0 bridgehead atoms. The largest absolute Gasteiger partial charge is 0.378 e. The molecule has 1 saturated heterocycles. The van der Waals surface area contributed by atoms with Gasteiger partial charge in [0.25, 0.3) is 0 Å². The third-order valence-corrected chi connectivity index (χ3v) is 4.82. The highest BCUT2D eigenvalue weighted by molar-refractivity contribution is 4.83. The van der Waals surface area contributed by atoms with Crippen LogP contribution in [0.1, 0.15) is 65.2 Å². The summed E-state index contributed by atoms with van der Waals surface area (Å²) in [6.07, 6.45) is 11.7. The Morgan fingerprint density at radius 3 is 2.42 bits per heavy atom. The summed E-state index contributed by atoms with van der Waals surface area (Å²) in [6, 6.07) is 0. The van der Waals surface area contributed by atoms with Gasteiger partial charge in [0.2, 0.25) is 0 Å². The van der Waals surface area contributed by atoms with Gasteiger partial charge in [-0.2, -0.15) is 0 Å². The third-order valence-electron chi connectivity index (χ3n) is 4.82. The minimum absolute atomic E-state index is 0.548. The van der Waals surface area contributed by atoms with Gasteiger partial charge in [0, 0.05) is 13.2 Å². The molecule has 2 nitrogen and oxygen atoms in total. The van der Waals surface area contributed by atoms with Gasteiger partial charge in [-0.05, 0) is 50.0 Å². The molecule has 0 aromatic carbocycles. The molecule has 2 unspecified atom stereocenters. The van der Waals surface area contributed by atoms with Crippen LogP contribution in [0.2, 0.25) is 0 Å². The van der Waals surface area contributed by atoms with Crippen molar-refractivity contribution in [2.24, 2.45) is 17.8 Å². The van der Waals surface area contributed by atoms with Crippen LogP contribution in [0.3, 0.4) is 0 Å². The van der Waals surface area contributed by atoms with E-state index in [1.54, 1.807) is 0 Å². The fraction of sp³-hybridized carbons (Fsp3) is 1.00. The van der Waals surface area contributed by atoms with E-state index in [2.05, 4.69) is 19.2 Å². The molecule has 0 radical (unpaired) electrons. The first-order chi connectivity index (χ1) is 9.27. The number of hydrogen-bond acceptors (Lipinski definition) is 2. The lowest BCUT2D eigenvalue weighted by Crippen LogP contribution is -2.41. The van der Waals surface area contributed by atoms with E-state index in [1.165, 1.54) is 57.9 Å². The maximum absolute atomic E-state index is 6.20. The van der Waals surface area contributed by atoms with Crippen LogP contribution in [-0.4, -0.2) is 25.8 Å². The lowest BCUT2D eigenvalue weighted by molar-refractivity contribution is -0.0633. The van der Waals surface area contributed by atoms with Gasteiger partial charge in [0.15, 0.2) is 0 Å². The van der Waals surface area contributed by atoms with E-state index in [0.717, 1.165) is 30.9 Å². The SMILES string of the molecule is CC(C)CNCC1CCCOC1C1CCCCCC1. The van der Waals surface area contributed by atoms with Crippen molar-refractivity contribution in [1.29, 1.82) is 0 Å². The summed E-state index contributed by atoms with van der Waals surface area (Å²) in [5.41, 5.74) is 0. The number of hydrogen-bond donors (Lipinski definition) is 1. The third kappa shape index (κ3) is 5.07. The fourth-order valence-electron chi connectivity index (χ4n) is 3.80. The molecular weight excluding hydrogens is 234 g/mol. The van der Waals surface area contributed by atoms with E-state index >= 15 is 0 Å². The summed E-state index contributed by atoms with van der Waals surface area (Å²) in [6.45, 7) is 7.88. The Labute approximate surface area is 119 Å². The molecule has 19 heavy (non-hydrogen) atoms. The van der Waals surface area contributed by atoms with Crippen LogP contribution in [0.25, 0.3) is 0 Å². The Kier molecular flexibility index (Phi) is 6.66. The molecule has 1 heterocycles. The molecule has 0 amide bonds. The highest BCUT2D eigenvalue weighted by Gasteiger charge is 2.32. The molecule has 0 aromatic rings. The zero-order valence-corrected chi connectivity index (χ0v) is 13.0. The van der Waals surface area contributed by atoms with Gasteiger partial charge in [-0.15, -0.1) is 0 Å². The highest BCUT2D eigenvalue weighted by Crippen LogP contribution is 2.34. The van der Waals surface area contributed by atoms with Gasteiger partial charge in [0.1, 0.15) is 0 Å². The first kappa shape index (κ1) is 15.3. The van der Waals surface area contributed by atoms with Gasteiger partial charge in [0.05, 0.1) is 6.10 Å². The second kappa shape index (κ2) is 8.26. The molecule has 1 aliphatic carbocycles. The van der Waals surface area contributed by atoms with Crippen molar-refractivity contribution in [3.63, 3.8) is 0 Å². The average molecular weight is 267 g/mol. The minimum Gasteiger partial charge on any atom is -0.378 e. The summed E-state index contributed by atoms with van der Waals surface area (Å²) in [7, 11) is 0. The molecule has 2 rings (SSSR count). The number of nitrogens with one attached hydrogen (secondary N) is 1. The predicted molar refractivity (Wildman–Crippen MR) is 81.4 cm³/mol. The summed E-state index contributed by atoms with van der Waals surface area (Å²) >= 11 is 0. The standard InChI is InChI=1S/C17H33NO/c1-14(2)12-18-13-16-10-7-11-19-17(16)15-8-5-3-4-6-9-15/h14-18H,3-13H2,1-2H3. The van der Waals surface area contributed by atoms with Crippen molar-refractivity contribution >= 4 is 0 Å². The molecule has 1 N–H and O–H groups in total. The van der Waals surface area contributed by atoms with Gasteiger partial charge in [-0.3, -0.25) is 0 Å². The molecule has 2 atom stereocenters. The predicted octanol–water partition coefficient (Wildman–Crippen LogP) is 4.00. The molecule has 112 valence electrons. The van der Waals surface area contributed by atoms with Crippen LogP contribution in [0, 0.1) is 17.8 Å². The molecule has 0 spiro atoms. The Bertz CT molecular complexity index is 233. The molecule has 1 aliphatic heterocycles. The van der Waals surface area contributed by atoms with Crippen LogP contribution < -0.4 is 5.32 Å². The normalized spacial score (nSPS) is 30.5. The first-order valence-corrected chi connectivity index (χ1v) is 8.59. The number of ether oxygens (including phenoxy) is 1. The van der Waals surface area contributed by atoms with Crippen LogP contribution in [-0.2, 0) is 4.74 Å². The second-order valence-corrected chi connectivity index (χ2v) is 7.04. The maximum atomic E-state index is 6.20. The average Bonchev–Trinajstić information content (AvgIpc) is 2.68. The Morgan fingerprint density at radius 2 is 1.74 bits per heavy atom. The second-order valence-electron chi connectivity index (χ2n) is 7.04. The van der Waals surface area contributed by atoms with Crippen molar-refractivity contribution in [1.82, 2.24) is 5.32 Å². The monoisotopic (exact) mass is 267 g/mol. The maximum Gasteiger partial charge on any atom is 0.0643 e. The molecule has 2 fully saturated rings. The van der Waals surface area contributed by atoms with Gasteiger partial charge >= 0.3 is 0 Å². The quantitative estimate of drug-likeness (QED) is 0.760. The fourth-order valence-corrected chi connectivity index (χ4v) is 3.80. The van der Waals surface area contributed by atoms with Crippen LogP contribution in [0.4, 0.5) is 0 Å². The topological polar surface area (TPSA) is 21.3 Å². The van der Waals surface area contributed by atoms with Crippen LogP contribution in [0.5, 0.6) is 0 Å². The van der Waals surface area contributed by atoms with Gasteiger partial charge in [-0.1, -0.05) is 39.5 Å². The van der Waals surface area contributed by atoms with Crippen molar-refractivity contribution in [2.75, 3.05) is 19.7 Å². The lowest BCUT2D eigenvalue weighted by Gasteiger charge is -2.37. The summed E-state index contributed by atoms with van der Waals surface area (Å²) in [4.78, 5) is 0. The van der Waals surface area contributed by atoms with E-state index in [-0.39, 0.29) is 0 Å². The van der Waals surface area contributed by atoms with E-state index in [9.17, 15) is 0 Å². The zero-order chi connectivity index (χ0) is 13.5. The Morgan fingerprint density at radius 1 is 1.00 bits per heavy atom. The lowest BCUT2D eigenvalue weighted by atomic mass is 9.82. The summed E-state index contributed by atoms with van der Waals surface area (Å²) in [5, 5.41) is 3.66. The summed E-state index contributed by atoms with van der Waals surface area (Å²) < 4.78 is 6.20. The summed E-state index contributed by atoms with van der Waals surface area (Å²) in [5.74, 6) is 2.35. The van der Waals surface area contributed by atoms with Crippen LogP contribution >= 0.6 is 0 Å². The molecule has 2 heteroatoms. The minimum atomic E-state index is 0.548. The van der Waals surface area contributed by atoms with Gasteiger partial charge in [-0.25, -0.2) is 0 Å². The number of rotatable bonds is 5. The molecule has 1 saturated carbocycles. The highest BCUT2D eigenvalue weighted by atomic mass is 16.5. The molecular formula is C17H33NO. The van der Waals surface area contributed by atoms with Crippen molar-refractivity contribution in [3.8, 4) is 0 Å². The molecule has 2 aliphatic rings. The van der Waals surface area contributed by atoms with Crippen molar-refractivity contribution in [2.45, 2.75) is 71.3 Å². The Hall–Kier alpha value is -0.0800. The van der Waals surface area contributed by atoms with Gasteiger partial charge < -0.3 is 10.1 Å². The van der Waals surface area contributed by atoms with E-state index < -0.39 is 0 Å². The first-order valence-electron chi connectivity index (χ1n) is 8.59. The Balaban J connectivity index is 1.83. The van der Waals surface area contributed by atoms with Crippen molar-refractivity contribution in [3.05, 3.63) is 0 Å². The van der Waals surface area contributed by atoms with Crippen molar-refractivity contribution < 1.29 is 4.74 Å². The van der Waals surface area contributed by atoms with Crippen LogP contribution in [0.15, 0.2) is 0 Å². The van der Waals surface area contributed by atoms with E-state index in [1.807, 2.05) is 0 Å².